The number of aromatic nitrogens is 1. The Morgan fingerprint density at radius 3 is 2.62 bits per heavy atom. The van der Waals surface area contributed by atoms with Gasteiger partial charge in [0.15, 0.2) is 5.96 Å². The Bertz CT molecular complexity index is 712. The monoisotopic (exact) mass is 444 g/mol. The van der Waals surface area contributed by atoms with Crippen LogP contribution < -0.4 is 15.5 Å². The maximum Gasteiger partial charge on any atom is 0.224 e. The van der Waals surface area contributed by atoms with Gasteiger partial charge < -0.3 is 25.2 Å². The van der Waals surface area contributed by atoms with Crippen molar-refractivity contribution in [2.24, 2.45) is 10.4 Å². The number of aliphatic imine (C=N–C) groups is 1. The number of methoxy groups -OCH3 is 1. The molecule has 0 bridgehead atoms. The smallest absolute Gasteiger partial charge is 0.224 e. The summed E-state index contributed by atoms with van der Waals surface area (Å²) in [6, 6.07) is 5.95. The molecule has 32 heavy (non-hydrogen) atoms. The van der Waals surface area contributed by atoms with Crippen LogP contribution in [0.2, 0.25) is 0 Å². The van der Waals surface area contributed by atoms with E-state index in [2.05, 4.69) is 27.4 Å². The average Bonchev–Trinajstić information content (AvgIpc) is 3.31. The van der Waals surface area contributed by atoms with Crippen LogP contribution in [-0.2, 0) is 9.53 Å². The zero-order valence-corrected chi connectivity index (χ0v) is 19.8. The van der Waals surface area contributed by atoms with E-state index >= 15 is 0 Å². The van der Waals surface area contributed by atoms with Crippen molar-refractivity contribution in [2.75, 3.05) is 64.4 Å². The first-order valence-corrected chi connectivity index (χ1v) is 12.1. The molecule has 2 heterocycles. The van der Waals surface area contributed by atoms with E-state index in [0.29, 0.717) is 13.0 Å². The molecule has 1 aromatic heterocycles. The predicted octanol–water partition coefficient (Wildman–Crippen LogP) is 2.27. The van der Waals surface area contributed by atoms with Gasteiger partial charge in [0.25, 0.3) is 0 Å². The number of hydrogen-bond acceptors (Lipinski definition) is 5. The second kappa shape index (κ2) is 12.6. The lowest BCUT2D eigenvalue weighted by atomic mass is 9.83. The number of nitrogens with one attached hydrogen (secondary N) is 2. The van der Waals surface area contributed by atoms with Crippen molar-refractivity contribution in [3.8, 4) is 0 Å². The summed E-state index contributed by atoms with van der Waals surface area (Å²) in [6.07, 6.45) is 8.37. The van der Waals surface area contributed by atoms with Crippen molar-refractivity contribution in [1.82, 2.24) is 20.5 Å². The maximum absolute atomic E-state index is 12.7. The number of piperazine rings is 1. The molecule has 0 spiro atoms. The zero-order chi connectivity index (χ0) is 22.7. The molecule has 1 aliphatic heterocycles. The van der Waals surface area contributed by atoms with Crippen LogP contribution in [0.1, 0.15) is 45.4 Å². The molecule has 1 saturated heterocycles. The van der Waals surface area contributed by atoms with Crippen LogP contribution in [0.15, 0.2) is 29.4 Å². The van der Waals surface area contributed by atoms with Crippen molar-refractivity contribution < 1.29 is 9.53 Å². The molecule has 1 aromatic rings. The third kappa shape index (κ3) is 7.08. The highest BCUT2D eigenvalue weighted by Gasteiger charge is 2.33. The quantitative estimate of drug-likeness (QED) is 0.426. The van der Waals surface area contributed by atoms with Gasteiger partial charge in [0, 0.05) is 72.1 Å². The first-order valence-electron chi connectivity index (χ1n) is 12.1. The SMILES string of the molecule is CCNC(=NCC1(CCOC)CCCC1)NCCC(=O)N1CCN(c2ccccn2)CC1. The molecule has 178 valence electrons. The zero-order valence-electron chi connectivity index (χ0n) is 19.8. The van der Waals surface area contributed by atoms with Crippen molar-refractivity contribution in [2.45, 2.75) is 45.4 Å². The van der Waals surface area contributed by atoms with Crippen molar-refractivity contribution in [3.63, 3.8) is 0 Å². The summed E-state index contributed by atoms with van der Waals surface area (Å²) in [6.45, 7) is 8.21. The molecule has 2 N–H and O–H groups in total. The van der Waals surface area contributed by atoms with E-state index in [1.807, 2.05) is 29.3 Å². The second-order valence-electron chi connectivity index (χ2n) is 8.88. The molecular formula is C24H40N6O2. The largest absolute Gasteiger partial charge is 0.385 e. The molecule has 0 unspecified atom stereocenters. The maximum atomic E-state index is 12.7. The van der Waals surface area contributed by atoms with Gasteiger partial charge in [-0.3, -0.25) is 9.79 Å². The summed E-state index contributed by atoms with van der Waals surface area (Å²) in [5.74, 6) is 1.99. The van der Waals surface area contributed by atoms with E-state index in [1.54, 1.807) is 7.11 Å². The van der Waals surface area contributed by atoms with E-state index in [9.17, 15) is 4.79 Å². The molecule has 0 atom stereocenters. The minimum absolute atomic E-state index is 0.196. The summed E-state index contributed by atoms with van der Waals surface area (Å²) in [7, 11) is 1.77. The molecular weight excluding hydrogens is 404 g/mol. The van der Waals surface area contributed by atoms with Gasteiger partial charge in [0.2, 0.25) is 5.91 Å². The van der Waals surface area contributed by atoms with E-state index < -0.39 is 0 Å². The number of carbonyl (C=O) groups is 1. The molecule has 0 aromatic carbocycles. The minimum Gasteiger partial charge on any atom is -0.385 e. The molecule has 0 radical (unpaired) electrons. The Labute approximate surface area is 192 Å². The van der Waals surface area contributed by atoms with Crippen LogP contribution in [0, 0.1) is 5.41 Å². The molecule has 1 saturated carbocycles. The third-order valence-electron chi connectivity index (χ3n) is 6.65. The Balaban J connectivity index is 1.43. The Morgan fingerprint density at radius 2 is 1.97 bits per heavy atom. The number of guanidine groups is 1. The summed E-state index contributed by atoms with van der Waals surface area (Å²) >= 11 is 0. The molecule has 8 heteroatoms. The van der Waals surface area contributed by atoms with Gasteiger partial charge in [0.05, 0.1) is 0 Å². The van der Waals surface area contributed by atoms with E-state index in [0.717, 1.165) is 64.1 Å². The summed E-state index contributed by atoms with van der Waals surface area (Å²) in [4.78, 5) is 26.2. The molecule has 1 aliphatic carbocycles. The van der Waals surface area contributed by atoms with Crippen molar-refractivity contribution >= 4 is 17.7 Å². The van der Waals surface area contributed by atoms with Crippen LogP contribution in [0.25, 0.3) is 0 Å². The van der Waals surface area contributed by atoms with Crippen molar-refractivity contribution in [1.29, 1.82) is 0 Å². The standard InChI is InChI=1S/C24H40N6O2/c1-3-25-23(28-20-24(12-19-32-2)10-5-6-11-24)27-14-9-22(31)30-17-15-29(16-18-30)21-8-4-7-13-26-21/h4,7-8,13H,3,5-6,9-12,14-20H2,1-2H3,(H2,25,27,28). The molecule has 1 amide bonds. The number of nitrogens with zero attached hydrogens (tertiary/aromatic N) is 4. The van der Waals surface area contributed by atoms with Gasteiger partial charge in [-0.25, -0.2) is 4.98 Å². The molecule has 8 nitrogen and oxygen atoms in total. The van der Waals surface area contributed by atoms with Gasteiger partial charge in [-0.2, -0.15) is 0 Å². The van der Waals surface area contributed by atoms with Gasteiger partial charge in [-0.15, -0.1) is 0 Å². The van der Waals surface area contributed by atoms with Crippen LogP contribution in [0.4, 0.5) is 5.82 Å². The Hall–Kier alpha value is -2.35. The lowest BCUT2D eigenvalue weighted by Crippen LogP contribution is -2.49. The number of rotatable bonds is 10. The van der Waals surface area contributed by atoms with Crippen LogP contribution >= 0.6 is 0 Å². The van der Waals surface area contributed by atoms with Crippen LogP contribution in [-0.4, -0.2) is 81.3 Å². The fourth-order valence-electron chi connectivity index (χ4n) is 4.69. The number of anilines is 1. The highest BCUT2D eigenvalue weighted by Crippen LogP contribution is 2.41. The lowest BCUT2D eigenvalue weighted by Gasteiger charge is -2.35. The Morgan fingerprint density at radius 1 is 1.19 bits per heavy atom. The number of carbonyl (C=O) groups excluding carboxylic acids is 1. The normalized spacial score (nSPS) is 18.6. The highest BCUT2D eigenvalue weighted by molar-refractivity contribution is 5.81. The second-order valence-corrected chi connectivity index (χ2v) is 8.88. The number of ether oxygens (including phenoxy) is 1. The summed E-state index contributed by atoms with van der Waals surface area (Å²) in [5.41, 5.74) is 0.265. The minimum atomic E-state index is 0.196. The van der Waals surface area contributed by atoms with Gasteiger partial charge >= 0.3 is 0 Å². The number of hydrogen-bond donors (Lipinski definition) is 2. The lowest BCUT2D eigenvalue weighted by molar-refractivity contribution is -0.131. The number of amides is 1. The third-order valence-corrected chi connectivity index (χ3v) is 6.65. The highest BCUT2D eigenvalue weighted by atomic mass is 16.5. The molecule has 2 fully saturated rings. The van der Waals surface area contributed by atoms with Gasteiger partial charge in [-0.1, -0.05) is 18.9 Å². The van der Waals surface area contributed by atoms with Gasteiger partial charge in [0.1, 0.15) is 5.82 Å². The van der Waals surface area contributed by atoms with Crippen LogP contribution in [0.5, 0.6) is 0 Å². The summed E-state index contributed by atoms with van der Waals surface area (Å²) in [5, 5.41) is 6.69. The predicted molar refractivity (Wildman–Crippen MR) is 129 cm³/mol. The number of pyridine rings is 1. The van der Waals surface area contributed by atoms with Crippen molar-refractivity contribution in [3.05, 3.63) is 24.4 Å². The fraction of sp³-hybridized carbons (Fsp3) is 0.708. The average molecular weight is 445 g/mol. The van der Waals surface area contributed by atoms with E-state index in [1.165, 1.54) is 25.7 Å². The first-order chi connectivity index (χ1) is 15.7. The molecule has 3 rings (SSSR count). The Kier molecular flexibility index (Phi) is 9.59. The topological polar surface area (TPSA) is 82.1 Å². The molecule has 2 aliphatic rings. The first kappa shape index (κ1) is 24.3. The summed E-state index contributed by atoms with van der Waals surface area (Å²) < 4.78 is 5.34. The van der Waals surface area contributed by atoms with E-state index in [4.69, 9.17) is 9.73 Å². The fourth-order valence-corrected chi connectivity index (χ4v) is 4.69. The van der Waals surface area contributed by atoms with E-state index in [-0.39, 0.29) is 11.3 Å². The van der Waals surface area contributed by atoms with Gasteiger partial charge in [-0.05, 0) is 43.7 Å². The van der Waals surface area contributed by atoms with Crippen LogP contribution in [0.3, 0.4) is 0 Å².